The number of aryl methyl sites for hydroxylation is 1. The number of nitrogens with one attached hydrogen (secondary N) is 1. The van der Waals surface area contributed by atoms with E-state index < -0.39 is 0 Å². The molecule has 2 aromatic heterocycles. The average molecular weight is 304 g/mol. The predicted octanol–water partition coefficient (Wildman–Crippen LogP) is 3.68. The number of likely N-dealkylation sites (N-methyl/N-ethyl adjacent to an activating group) is 1. The van der Waals surface area contributed by atoms with E-state index in [1.54, 1.807) is 4.68 Å². The monoisotopic (exact) mass is 303 g/mol. The fraction of sp³-hybridized carbons (Fsp3) is 0.417. The van der Waals surface area contributed by atoms with Crippen LogP contribution in [-0.2, 0) is 13.5 Å². The summed E-state index contributed by atoms with van der Waals surface area (Å²) in [5.41, 5.74) is 2.10. The van der Waals surface area contributed by atoms with Crippen LogP contribution in [0.15, 0.2) is 18.3 Å². The largest absolute Gasteiger partial charge is 0.310 e. The molecule has 18 heavy (non-hydrogen) atoms. The molecule has 1 unspecified atom stereocenters. The van der Waals surface area contributed by atoms with E-state index in [1.165, 1.54) is 11.3 Å². The number of thiophene rings is 1. The Kier molecular flexibility index (Phi) is 4.67. The van der Waals surface area contributed by atoms with Gasteiger partial charge < -0.3 is 5.32 Å². The van der Waals surface area contributed by atoms with Crippen molar-refractivity contribution in [3.63, 3.8) is 0 Å². The zero-order chi connectivity index (χ0) is 13.1. The van der Waals surface area contributed by atoms with Crippen molar-refractivity contribution in [3.8, 4) is 0 Å². The van der Waals surface area contributed by atoms with Crippen molar-refractivity contribution in [1.29, 1.82) is 0 Å². The van der Waals surface area contributed by atoms with Gasteiger partial charge >= 0.3 is 0 Å². The number of hydrogen-bond acceptors (Lipinski definition) is 3. The van der Waals surface area contributed by atoms with Crippen LogP contribution in [0.3, 0.4) is 0 Å². The Labute approximate surface area is 121 Å². The van der Waals surface area contributed by atoms with Gasteiger partial charge in [0.2, 0.25) is 0 Å². The minimum Gasteiger partial charge on any atom is -0.310 e. The number of hydrogen-bond donors (Lipinski definition) is 1. The van der Waals surface area contributed by atoms with Gasteiger partial charge in [-0.05, 0) is 18.7 Å². The van der Waals surface area contributed by atoms with Gasteiger partial charge in [-0.2, -0.15) is 5.10 Å². The molecule has 0 saturated carbocycles. The molecule has 2 aromatic rings. The summed E-state index contributed by atoms with van der Waals surface area (Å²) < 4.78 is 3.28. The van der Waals surface area contributed by atoms with Gasteiger partial charge in [0, 0.05) is 31.3 Å². The average Bonchev–Trinajstić information content (AvgIpc) is 2.84. The summed E-state index contributed by atoms with van der Waals surface area (Å²) in [6.45, 7) is 2.95. The Morgan fingerprint density at radius 2 is 2.28 bits per heavy atom. The zero-order valence-electron chi connectivity index (χ0n) is 10.3. The molecule has 0 aromatic carbocycles. The van der Waals surface area contributed by atoms with Gasteiger partial charge in [0.05, 0.1) is 14.4 Å². The van der Waals surface area contributed by atoms with Crippen LogP contribution in [0.25, 0.3) is 0 Å². The first-order chi connectivity index (χ1) is 8.60. The van der Waals surface area contributed by atoms with Gasteiger partial charge in [-0.3, -0.25) is 4.68 Å². The summed E-state index contributed by atoms with van der Waals surface area (Å²) >= 11 is 13.6. The van der Waals surface area contributed by atoms with E-state index in [0.29, 0.717) is 0 Å². The maximum Gasteiger partial charge on any atom is 0.0992 e. The van der Waals surface area contributed by atoms with Crippen molar-refractivity contribution in [1.82, 2.24) is 15.1 Å². The van der Waals surface area contributed by atoms with Crippen molar-refractivity contribution in [3.05, 3.63) is 38.3 Å². The first-order valence-electron chi connectivity index (χ1n) is 5.76. The summed E-state index contributed by atoms with van der Waals surface area (Å²) in [6, 6.07) is 4.11. The SMILES string of the molecule is CCNC(Cc1ccn(C)n1)c1cc(Cl)sc1Cl. The van der Waals surface area contributed by atoms with E-state index >= 15 is 0 Å². The molecule has 6 heteroatoms. The third kappa shape index (κ3) is 3.26. The lowest BCUT2D eigenvalue weighted by atomic mass is 10.1. The van der Waals surface area contributed by atoms with Gasteiger partial charge in [0.25, 0.3) is 0 Å². The molecule has 0 bridgehead atoms. The van der Waals surface area contributed by atoms with Crippen LogP contribution >= 0.6 is 34.5 Å². The highest BCUT2D eigenvalue weighted by molar-refractivity contribution is 7.20. The molecule has 2 rings (SSSR count). The molecule has 3 nitrogen and oxygen atoms in total. The molecule has 0 amide bonds. The van der Waals surface area contributed by atoms with Crippen LogP contribution in [0.5, 0.6) is 0 Å². The molecule has 0 spiro atoms. The zero-order valence-corrected chi connectivity index (χ0v) is 12.6. The smallest absolute Gasteiger partial charge is 0.0992 e. The molecule has 0 aliphatic heterocycles. The van der Waals surface area contributed by atoms with E-state index in [4.69, 9.17) is 23.2 Å². The Bertz CT molecular complexity index is 521. The van der Waals surface area contributed by atoms with Gasteiger partial charge in [0.15, 0.2) is 0 Å². The lowest BCUT2D eigenvalue weighted by Gasteiger charge is -2.16. The van der Waals surface area contributed by atoms with Crippen molar-refractivity contribution in [2.24, 2.45) is 7.05 Å². The quantitative estimate of drug-likeness (QED) is 0.913. The van der Waals surface area contributed by atoms with Crippen LogP contribution in [0.4, 0.5) is 0 Å². The van der Waals surface area contributed by atoms with E-state index in [-0.39, 0.29) is 6.04 Å². The number of nitrogens with zero attached hydrogens (tertiary/aromatic N) is 2. The topological polar surface area (TPSA) is 29.9 Å². The number of rotatable bonds is 5. The molecule has 0 radical (unpaired) electrons. The van der Waals surface area contributed by atoms with E-state index in [9.17, 15) is 0 Å². The molecule has 1 atom stereocenters. The first kappa shape index (κ1) is 13.9. The summed E-state index contributed by atoms with van der Waals surface area (Å²) in [4.78, 5) is 0. The van der Waals surface area contributed by atoms with Crippen LogP contribution in [0, 0.1) is 0 Å². The Morgan fingerprint density at radius 1 is 1.50 bits per heavy atom. The first-order valence-corrected chi connectivity index (χ1v) is 7.34. The van der Waals surface area contributed by atoms with Crippen LogP contribution < -0.4 is 5.32 Å². The van der Waals surface area contributed by atoms with Crippen molar-refractivity contribution in [2.75, 3.05) is 6.54 Å². The highest BCUT2D eigenvalue weighted by Gasteiger charge is 2.18. The minimum absolute atomic E-state index is 0.154. The lowest BCUT2D eigenvalue weighted by molar-refractivity contribution is 0.541. The second-order valence-electron chi connectivity index (χ2n) is 4.07. The molecule has 0 fully saturated rings. The van der Waals surface area contributed by atoms with E-state index in [0.717, 1.165) is 32.9 Å². The Hall–Kier alpha value is -0.550. The van der Waals surface area contributed by atoms with Gasteiger partial charge in [-0.25, -0.2) is 0 Å². The summed E-state index contributed by atoms with van der Waals surface area (Å²) in [6.07, 6.45) is 2.75. The molecule has 2 heterocycles. The fourth-order valence-corrected chi connectivity index (χ4v) is 3.49. The van der Waals surface area contributed by atoms with Gasteiger partial charge in [0.1, 0.15) is 0 Å². The summed E-state index contributed by atoms with van der Waals surface area (Å²) in [5, 5.41) is 7.82. The highest BCUT2D eigenvalue weighted by Crippen LogP contribution is 2.35. The van der Waals surface area contributed by atoms with Crippen molar-refractivity contribution < 1.29 is 0 Å². The second-order valence-corrected chi connectivity index (χ2v) is 6.36. The molecule has 98 valence electrons. The van der Waals surface area contributed by atoms with Gasteiger partial charge in [-0.1, -0.05) is 30.1 Å². The summed E-state index contributed by atoms with van der Waals surface area (Å²) in [7, 11) is 1.92. The minimum atomic E-state index is 0.154. The Balaban J connectivity index is 2.20. The molecule has 0 saturated heterocycles. The van der Waals surface area contributed by atoms with Crippen LogP contribution in [0.1, 0.15) is 24.2 Å². The normalized spacial score (nSPS) is 12.9. The molecule has 0 aliphatic rings. The number of halogens is 2. The third-order valence-corrected chi connectivity index (χ3v) is 4.21. The summed E-state index contributed by atoms with van der Waals surface area (Å²) in [5.74, 6) is 0. The Morgan fingerprint density at radius 3 is 2.78 bits per heavy atom. The third-order valence-electron chi connectivity index (χ3n) is 2.69. The maximum absolute atomic E-state index is 6.22. The predicted molar refractivity (Wildman–Crippen MR) is 77.7 cm³/mol. The molecular weight excluding hydrogens is 289 g/mol. The molecule has 0 aliphatic carbocycles. The standard InChI is InChI=1S/C12H15Cl2N3S/c1-3-15-10(6-8-4-5-17(2)16-8)9-7-11(13)18-12(9)14/h4-5,7,10,15H,3,6H2,1-2H3. The molecular formula is C12H15Cl2N3S. The van der Waals surface area contributed by atoms with E-state index in [1.807, 2.05) is 25.4 Å². The maximum atomic E-state index is 6.22. The van der Waals surface area contributed by atoms with E-state index in [2.05, 4.69) is 17.3 Å². The van der Waals surface area contributed by atoms with Crippen molar-refractivity contribution in [2.45, 2.75) is 19.4 Å². The number of aromatic nitrogens is 2. The lowest BCUT2D eigenvalue weighted by Crippen LogP contribution is -2.23. The highest BCUT2D eigenvalue weighted by atomic mass is 35.5. The fourth-order valence-electron chi connectivity index (χ4n) is 1.91. The van der Waals surface area contributed by atoms with Crippen LogP contribution in [0.2, 0.25) is 8.67 Å². The van der Waals surface area contributed by atoms with Gasteiger partial charge in [-0.15, -0.1) is 11.3 Å². The second kappa shape index (κ2) is 6.06. The van der Waals surface area contributed by atoms with Crippen molar-refractivity contribution >= 4 is 34.5 Å². The van der Waals surface area contributed by atoms with Crippen LogP contribution in [-0.4, -0.2) is 16.3 Å². The molecule has 1 N–H and O–H groups in total.